The van der Waals surface area contributed by atoms with Crippen molar-refractivity contribution >= 4 is 44.2 Å². The lowest BCUT2D eigenvalue weighted by molar-refractivity contribution is 0.0730. The Kier molecular flexibility index (Phi) is 5.96. The second-order valence-electron chi connectivity index (χ2n) is 5.96. The van der Waals surface area contributed by atoms with Crippen LogP contribution < -0.4 is 5.32 Å². The van der Waals surface area contributed by atoms with E-state index < -0.39 is 10.0 Å². The van der Waals surface area contributed by atoms with Crippen molar-refractivity contribution in [2.75, 3.05) is 31.6 Å². The Bertz CT molecular complexity index is 925. The molecule has 138 valence electrons. The lowest BCUT2D eigenvalue weighted by Crippen LogP contribution is -2.40. The molecule has 3 rings (SSSR count). The number of hydrogen-bond donors (Lipinski definition) is 1. The molecule has 0 atom stereocenters. The topological polar surface area (TPSA) is 75.7 Å². The van der Waals surface area contributed by atoms with E-state index in [1.54, 1.807) is 12.1 Å². The van der Waals surface area contributed by atoms with E-state index in [4.69, 9.17) is 4.74 Å². The second-order valence-corrected chi connectivity index (χ2v) is 9.14. The van der Waals surface area contributed by atoms with Crippen molar-refractivity contribution in [2.45, 2.75) is 11.8 Å². The average molecular weight is 486 g/mol. The van der Waals surface area contributed by atoms with Crippen LogP contribution in [0.1, 0.15) is 15.9 Å². The monoisotopic (exact) mass is 486 g/mol. The number of hydrogen-bond acceptors (Lipinski definition) is 4. The van der Waals surface area contributed by atoms with Crippen LogP contribution in [0.25, 0.3) is 0 Å². The molecule has 0 unspecified atom stereocenters. The Morgan fingerprint density at radius 3 is 2.58 bits per heavy atom. The van der Waals surface area contributed by atoms with Gasteiger partial charge in [-0.15, -0.1) is 0 Å². The van der Waals surface area contributed by atoms with Gasteiger partial charge in [0.05, 0.1) is 18.1 Å². The van der Waals surface area contributed by atoms with Crippen LogP contribution in [0.4, 0.5) is 5.69 Å². The molecule has 0 spiro atoms. The highest BCUT2D eigenvalue weighted by atomic mass is 127. The molecule has 8 heteroatoms. The summed E-state index contributed by atoms with van der Waals surface area (Å²) in [5.74, 6) is -0.340. The van der Waals surface area contributed by atoms with Crippen molar-refractivity contribution in [3.8, 4) is 0 Å². The van der Waals surface area contributed by atoms with Gasteiger partial charge in [0.15, 0.2) is 0 Å². The number of aryl methyl sites for hydroxylation is 1. The lowest BCUT2D eigenvalue weighted by atomic mass is 10.1. The molecule has 1 saturated heterocycles. The molecule has 1 heterocycles. The number of morpholine rings is 1. The molecule has 0 aliphatic carbocycles. The summed E-state index contributed by atoms with van der Waals surface area (Å²) in [6, 6.07) is 11.8. The molecular weight excluding hydrogens is 467 g/mol. The van der Waals surface area contributed by atoms with Crippen LogP contribution in [0.5, 0.6) is 0 Å². The van der Waals surface area contributed by atoms with Crippen LogP contribution in [0.3, 0.4) is 0 Å². The SMILES string of the molecule is Cc1cc(I)ccc1NC(=O)c1cccc(S(=O)(=O)N2CCOCC2)c1. The van der Waals surface area contributed by atoms with Crippen LogP contribution in [-0.4, -0.2) is 44.9 Å². The van der Waals surface area contributed by atoms with Crippen molar-refractivity contribution in [2.24, 2.45) is 0 Å². The molecule has 1 aliphatic heterocycles. The fraction of sp³-hybridized carbons (Fsp3) is 0.278. The Morgan fingerprint density at radius 2 is 1.88 bits per heavy atom. The zero-order chi connectivity index (χ0) is 18.7. The molecule has 0 bridgehead atoms. The van der Waals surface area contributed by atoms with Crippen molar-refractivity contribution in [1.82, 2.24) is 4.31 Å². The van der Waals surface area contributed by atoms with E-state index in [9.17, 15) is 13.2 Å². The largest absolute Gasteiger partial charge is 0.379 e. The summed E-state index contributed by atoms with van der Waals surface area (Å²) in [5, 5.41) is 2.84. The Labute approximate surface area is 166 Å². The summed E-state index contributed by atoms with van der Waals surface area (Å²) in [6.07, 6.45) is 0. The first-order valence-corrected chi connectivity index (χ1v) is 10.7. The van der Waals surface area contributed by atoms with Crippen LogP contribution in [0.2, 0.25) is 0 Å². The maximum atomic E-state index is 12.7. The highest BCUT2D eigenvalue weighted by Crippen LogP contribution is 2.21. The zero-order valence-electron chi connectivity index (χ0n) is 14.2. The quantitative estimate of drug-likeness (QED) is 0.675. The number of anilines is 1. The number of nitrogens with one attached hydrogen (secondary N) is 1. The molecule has 1 fully saturated rings. The molecule has 0 saturated carbocycles. The van der Waals surface area contributed by atoms with E-state index in [0.717, 1.165) is 9.13 Å². The van der Waals surface area contributed by atoms with Gasteiger partial charge in [0.1, 0.15) is 0 Å². The van der Waals surface area contributed by atoms with E-state index in [0.29, 0.717) is 37.6 Å². The number of sulfonamides is 1. The van der Waals surface area contributed by atoms with Gasteiger partial charge < -0.3 is 10.1 Å². The second kappa shape index (κ2) is 8.03. The number of amides is 1. The average Bonchev–Trinajstić information content (AvgIpc) is 2.65. The van der Waals surface area contributed by atoms with E-state index in [2.05, 4.69) is 27.9 Å². The van der Waals surface area contributed by atoms with Gasteiger partial charge in [-0.3, -0.25) is 4.79 Å². The van der Waals surface area contributed by atoms with Crippen molar-refractivity contribution in [3.63, 3.8) is 0 Å². The molecule has 1 amide bonds. The Balaban J connectivity index is 1.83. The third kappa shape index (κ3) is 4.25. The smallest absolute Gasteiger partial charge is 0.255 e. The number of rotatable bonds is 4. The number of halogens is 1. The molecule has 0 aromatic heterocycles. The molecule has 6 nitrogen and oxygen atoms in total. The summed E-state index contributed by atoms with van der Waals surface area (Å²) < 4.78 is 33.2. The summed E-state index contributed by atoms with van der Waals surface area (Å²) >= 11 is 2.21. The van der Waals surface area contributed by atoms with Gasteiger partial charge in [-0.1, -0.05) is 6.07 Å². The lowest BCUT2D eigenvalue weighted by Gasteiger charge is -2.26. The summed E-state index contributed by atoms with van der Waals surface area (Å²) in [6.45, 7) is 3.31. The highest BCUT2D eigenvalue weighted by molar-refractivity contribution is 14.1. The van der Waals surface area contributed by atoms with Gasteiger partial charge in [0, 0.05) is 27.9 Å². The first-order valence-electron chi connectivity index (χ1n) is 8.13. The van der Waals surface area contributed by atoms with E-state index >= 15 is 0 Å². The Morgan fingerprint density at radius 1 is 1.15 bits per heavy atom. The standard InChI is InChI=1S/C18H19IN2O4S/c1-13-11-15(19)5-6-17(13)20-18(22)14-3-2-4-16(12-14)26(23,24)21-7-9-25-10-8-21/h2-6,11-12H,7-10H2,1H3,(H,20,22). The van der Waals surface area contributed by atoms with Crippen molar-refractivity contribution in [1.29, 1.82) is 0 Å². The maximum Gasteiger partial charge on any atom is 0.255 e. The van der Waals surface area contributed by atoms with Crippen LogP contribution >= 0.6 is 22.6 Å². The van der Waals surface area contributed by atoms with E-state index in [1.165, 1.54) is 16.4 Å². The van der Waals surface area contributed by atoms with Crippen molar-refractivity contribution in [3.05, 3.63) is 57.2 Å². The van der Waals surface area contributed by atoms with Crippen LogP contribution in [0.15, 0.2) is 47.4 Å². The van der Waals surface area contributed by atoms with Gasteiger partial charge in [-0.2, -0.15) is 4.31 Å². The predicted octanol–water partition coefficient (Wildman–Crippen LogP) is 2.87. The maximum absolute atomic E-state index is 12.7. The van der Waals surface area contributed by atoms with E-state index in [-0.39, 0.29) is 10.8 Å². The van der Waals surface area contributed by atoms with Gasteiger partial charge >= 0.3 is 0 Å². The molecule has 2 aromatic rings. The molecule has 0 radical (unpaired) electrons. The minimum atomic E-state index is -3.63. The molecular formula is C18H19IN2O4S. The van der Waals surface area contributed by atoms with Gasteiger partial charge in [-0.05, 0) is 71.5 Å². The fourth-order valence-corrected chi connectivity index (χ4v) is 4.80. The number of nitrogens with zero attached hydrogens (tertiary/aromatic N) is 1. The van der Waals surface area contributed by atoms with Crippen LogP contribution in [-0.2, 0) is 14.8 Å². The van der Waals surface area contributed by atoms with Crippen LogP contribution in [0, 0.1) is 10.5 Å². The van der Waals surface area contributed by atoms with Gasteiger partial charge in [0.25, 0.3) is 5.91 Å². The third-order valence-corrected chi connectivity index (χ3v) is 6.71. The zero-order valence-corrected chi connectivity index (χ0v) is 17.2. The third-order valence-electron chi connectivity index (χ3n) is 4.14. The highest BCUT2D eigenvalue weighted by Gasteiger charge is 2.26. The first-order chi connectivity index (χ1) is 12.4. The number of ether oxygens (including phenoxy) is 1. The Hall–Kier alpha value is -1.49. The molecule has 2 aromatic carbocycles. The first kappa shape index (κ1) is 19.3. The summed E-state index contributed by atoms with van der Waals surface area (Å²) in [7, 11) is -3.63. The van der Waals surface area contributed by atoms with E-state index in [1.807, 2.05) is 25.1 Å². The normalized spacial score (nSPS) is 15.6. The minimum Gasteiger partial charge on any atom is -0.379 e. The molecule has 26 heavy (non-hydrogen) atoms. The number of carbonyl (C=O) groups excluding carboxylic acids is 1. The molecule has 1 aliphatic rings. The number of benzene rings is 2. The fourth-order valence-electron chi connectivity index (χ4n) is 2.70. The summed E-state index contributed by atoms with van der Waals surface area (Å²) in [4.78, 5) is 12.7. The molecule has 1 N–H and O–H groups in total. The minimum absolute atomic E-state index is 0.117. The number of carbonyl (C=O) groups is 1. The summed E-state index contributed by atoms with van der Waals surface area (Å²) in [5.41, 5.74) is 1.96. The van der Waals surface area contributed by atoms with Gasteiger partial charge in [0.2, 0.25) is 10.0 Å². The van der Waals surface area contributed by atoms with Crippen molar-refractivity contribution < 1.29 is 17.9 Å². The predicted molar refractivity (Wildman–Crippen MR) is 108 cm³/mol. The van der Waals surface area contributed by atoms with Gasteiger partial charge in [-0.25, -0.2) is 8.42 Å².